The fraction of sp³-hybridized carbons (Fsp3) is 0.636. The molecular formula is C11H16N2S. The molecule has 0 saturated heterocycles. The SMILES string of the molecule is C(Cc1nccs1)=NC1CCCCC1. The monoisotopic (exact) mass is 208 g/mol. The summed E-state index contributed by atoms with van der Waals surface area (Å²) >= 11 is 1.71. The van der Waals surface area contributed by atoms with Gasteiger partial charge in [0.2, 0.25) is 0 Å². The highest BCUT2D eigenvalue weighted by Gasteiger charge is 2.10. The van der Waals surface area contributed by atoms with Crippen molar-refractivity contribution in [2.75, 3.05) is 0 Å². The highest BCUT2D eigenvalue weighted by Crippen LogP contribution is 2.19. The molecule has 0 radical (unpaired) electrons. The van der Waals surface area contributed by atoms with Gasteiger partial charge in [-0.2, -0.15) is 0 Å². The van der Waals surface area contributed by atoms with E-state index in [2.05, 4.69) is 16.2 Å². The van der Waals surface area contributed by atoms with Crippen LogP contribution in [0.15, 0.2) is 16.6 Å². The van der Waals surface area contributed by atoms with Crippen LogP contribution in [-0.4, -0.2) is 17.2 Å². The van der Waals surface area contributed by atoms with Gasteiger partial charge in [0, 0.05) is 30.3 Å². The van der Waals surface area contributed by atoms with Crippen LogP contribution in [0.5, 0.6) is 0 Å². The van der Waals surface area contributed by atoms with Crippen LogP contribution in [0.1, 0.15) is 37.1 Å². The van der Waals surface area contributed by atoms with Crippen LogP contribution in [0, 0.1) is 0 Å². The molecule has 0 aromatic carbocycles. The number of thiazole rings is 1. The van der Waals surface area contributed by atoms with E-state index in [1.54, 1.807) is 11.3 Å². The Kier molecular flexibility index (Phi) is 3.69. The molecule has 0 unspecified atom stereocenters. The molecule has 0 spiro atoms. The van der Waals surface area contributed by atoms with Gasteiger partial charge in [0.15, 0.2) is 0 Å². The zero-order valence-corrected chi connectivity index (χ0v) is 9.17. The number of rotatable bonds is 3. The summed E-state index contributed by atoms with van der Waals surface area (Å²) in [4.78, 5) is 8.83. The zero-order chi connectivity index (χ0) is 9.64. The normalized spacial score (nSPS) is 19.1. The van der Waals surface area contributed by atoms with Crippen molar-refractivity contribution in [3.8, 4) is 0 Å². The predicted molar refractivity (Wildman–Crippen MR) is 61.2 cm³/mol. The summed E-state index contributed by atoms with van der Waals surface area (Å²) in [5, 5.41) is 3.19. The molecule has 0 N–H and O–H groups in total. The maximum atomic E-state index is 4.60. The molecule has 1 saturated carbocycles. The molecule has 0 bridgehead atoms. The Morgan fingerprint density at radius 2 is 2.29 bits per heavy atom. The smallest absolute Gasteiger partial charge is 0.0978 e. The lowest BCUT2D eigenvalue weighted by molar-refractivity contribution is 0.444. The highest BCUT2D eigenvalue weighted by atomic mass is 32.1. The molecule has 0 aliphatic heterocycles. The molecule has 1 aromatic heterocycles. The van der Waals surface area contributed by atoms with Crippen molar-refractivity contribution in [3.63, 3.8) is 0 Å². The first-order valence-corrected chi connectivity index (χ1v) is 6.23. The Morgan fingerprint density at radius 3 is 3.00 bits per heavy atom. The standard InChI is InChI=1S/C11H16N2S/c1-2-4-10(5-3-1)12-7-6-11-13-8-9-14-11/h7-10H,1-6H2. The Morgan fingerprint density at radius 1 is 1.43 bits per heavy atom. The Labute approximate surface area is 89.1 Å². The molecule has 1 fully saturated rings. The second kappa shape index (κ2) is 5.25. The summed E-state index contributed by atoms with van der Waals surface area (Å²) in [6, 6.07) is 0.601. The first-order valence-electron chi connectivity index (χ1n) is 5.35. The maximum absolute atomic E-state index is 4.60. The van der Waals surface area contributed by atoms with Gasteiger partial charge in [0.25, 0.3) is 0 Å². The van der Waals surface area contributed by atoms with E-state index in [0.29, 0.717) is 6.04 Å². The minimum Gasteiger partial charge on any atom is -0.294 e. The van der Waals surface area contributed by atoms with E-state index < -0.39 is 0 Å². The first kappa shape index (κ1) is 9.84. The van der Waals surface area contributed by atoms with Crippen LogP contribution < -0.4 is 0 Å². The summed E-state index contributed by atoms with van der Waals surface area (Å²) in [5.74, 6) is 0. The molecule has 2 nitrogen and oxygen atoms in total. The van der Waals surface area contributed by atoms with E-state index in [0.717, 1.165) is 6.42 Å². The van der Waals surface area contributed by atoms with Crippen LogP contribution in [0.3, 0.4) is 0 Å². The van der Waals surface area contributed by atoms with Crippen molar-refractivity contribution < 1.29 is 0 Å². The van der Waals surface area contributed by atoms with Crippen LogP contribution in [0.25, 0.3) is 0 Å². The molecule has 1 aliphatic carbocycles. The molecule has 76 valence electrons. The molecule has 3 heteroatoms. The minimum atomic E-state index is 0.601. The van der Waals surface area contributed by atoms with Gasteiger partial charge in [-0.3, -0.25) is 4.99 Å². The fourth-order valence-electron chi connectivity index (χ4n) is 1.86. The van der Waals surface area contributed by atoms with Crippen LogP contribution in [0.2, 0.25) is 0 Å². The zero-order valence-electron chi connectivity index (χ0n) is 8.35. The maximum Gasteiger partial charge on any atom is 0.0978 e. The predicted octanol–water partition coefficient (Wildman–Crippen LogP) is 3.09. The number of nitrogens with zero attached hydrogens (tertiary/aromatic N) is 2. The van der Waals surface area contributed by atoms with E-state index in [4.69, 9.17) is 0 Å². The molecule has 1 aliphatic rings. The topological polar surface area (TPSA) is 25.2 Å². The number of hydrogen-bond donors (Lipinski definition) is 0. The number of aromatic nitrogens is 1. The van der Waals surface area contributed by atoms with Crippen molar-refractivity contribution in [1.82, 2.24) is 4.98 Å². The number of hydrogen-bond acceptors (Lipinski definition) is 3. The highest BCUT2D eigenvalue weighted by molar-refractivity contribution is 7.09. The third-order valence-electron chi connectivity index (χ3n) is 2.64. The van der Waals surface area contributed by atoms with Crippen molar-refractivity contribution in [1.29, 1.82) is 0 Å². The molecule has 0 amide bonds. The second-order valence-electron chi connectivity index (χ2n) is 3.75. The summed E-state index contributed by atoms with van der Waals surface area (Å²) in [5.41, 5.74) is 0. The van der Waals surface area contributed by atoms with Gasteiger partial charge >= 0.3 is 0 Å². The van der Waals surface area contributed by atoms with Gasteiger partial charge in [-0.05, 0) is 12.8 Å². The number of aliphatic imine (C=N–C) groups is 1. The van der Waals surface area contributed by atoms with Crippen molar-refractivity contribution >= 4 is 17.6 Å². The largest absolute Gasteiger partial charge is 0.294 e. The lowest BCUT2D eigenvalue weighted by Gasteiger charge is -2.16. The van der Waals surface area contributed by atoms with Crippen LogP contribution in [-0.2, 0) is 6.42 Å². The Balaban J connectivity index is 1.76. The van der Waals surface area contributed by atoms with E-state index in [1.807, 2.05) is 11.6 Å². The van der Waals surface area contributed by atoms with Crippen molar-refractivity contribution in [3.05, 3.63) is 16.6 Å². The van der Waals surface area contributed by atoms with Gasteiger partial charge in [-0.25, -0.2) is 4.98 Å². The van der Waals surface area contributed by atoms with Crippen molar-refractivity contribution in [2.24, 2.45) is 4.99 Å². The first-order chi connectivity index (χ1) is 6.95. The summed E-state index contributed by atoms with van der Waals surface area (Å²) < 4.78 is 0. The summed E-state index contributed by atoms with van der Waals surface area (Å²) in [6.07, 6.45) is 11.5. The molecule has 14 heavy (non-hydrogen) atoms. The van der Waals surface area contributed by atoms with Gasteiger partial charge in [-0.1, -0.05) is 19.3 Å². The minimum absolute atomic E-state index is 0.601. The van der Waals surface area contributed by atoms with E-state index in [1.165, 1.54) is 37.1 Å². The quantitative estimate of drug-likeness (QED) is 0.701. The molecular weight excluding hydrogens is 192 g/mol. The van der Waals surface area contributed by atoms with Gasteiger partial charge in [0.1, 0.15) is 0 Å². The summed E-state index contributed by atoms with van der Waals surface area (Å²) in [7, 11) is 0. The average molecular weight is 208 g/mol. The van der Waals surface area contributed by atoms with Gasteiger partial charge < -0.3 is 0 Å². The van der Waals surface area contributed by atoms with E-state index in [-0.39, 0.29) is 0 Å². The van der Waals surface area contributed by atoms with Crippen LogP contribution in [0.4, 0.5) is 0 Å². The molecule has 1 heterocycles. The van der Waals surface area contributed by atoms with Crippen LogP contribution >= 0.6 is 11.3 Å². The molecule has 1 aromatic rings. The van der Waals surface area contributed by atoms with E-state index in [9.17, 15) is 0 Å². The third kappa shape index (κ3) is 2.91. The van der Waals surface area contributed by atoms with E-state index >= 15 is 0 Å². The summed E-state index contributed by atoms with van der Waals surface area (Å²) in [6.45, 7) is 0. The van der Waals surface area contributed by atoms with Crippen molar-refractivity contribution in [2.45, 2.75) is 44.6 Å². The average Bonchev–Trinajstić information content (AvgIpc) is 2.72. The third-order valence-corrected chi connectivity index (χ3v) is 3.44. The Bertz CT molecular complexity index is 273. The molecule has 2 rings (SSSR count). The fourth-order valence-corrected chi connectivity index (χ4v) is 2.44. The lowest BCUT2D eigenvalue weighted by Crippen LogP contribution is -2.09. The second-order valence-corrected chi connectivity index (χ2v) is 4.73. The van der Waals surface area contributed by atoms with Gasteiger partial charge in [-0.15, -0.1) is 11.3 Å². The molecule has 0 atom stereocenters. The Hall–Kier alpha value is -0.700. The van der Waals surface area contributed by atoms with Gasteiger partial charge in [0.05, 0.1) is 5.01 Å². The lowest BCUT2D eigenvalue weighted by atomic mass is 9.96.